The number of benzene rings is 1. The number of hydrogen-bond acceptors (Lipinski definition) is 4. The molecule has 0 unspecified atom stereocenters. The van der Waals surface area contributed by atoms with E-state index in [9.17, 15) is 30.0 Å². The monoisotopic (exact) mass is 295 g/mol. The third-order valence-electron chi connectivity index (χ3n) is 1.73. The Balaban J connectivity index is 0.00000289. The number of hydrogen-bond donors (Lipinski definition) is 0. The standard InChI is InChI=1S/C7H5F3NO4S2.Li/c8-7(9,10)16(12,13)5-3-1-2-4-6(5)17(11,14)15;/h1-4H,(H-,11,14,15);/q-1;+1. The van der Waals surface area contributed by atoms with Crippen LogP contribution in [-0.4, -0.2) is 22.3 Å². The normalized spacial score (nSPS) is 12.9. The van der Waals surface area contributed by atoms with Crippen LogP contribution in [0, 0.1) is 0 Å². The first kappa shape index (κ1) is 17.5. The van der Waals surface area contributed by atoms with Gasteiger partial charge in [-0.2, -0.15) is 13.2 Å². The van der Waals surface area contributed by atoms with Crippen LogP contribution in [0.1, 0.15) is 0 Å². The van der Waals surface area contributed by atoms with E-state index in [2.05, 4.69) is 0 Å². The molecule has 1 aromatic carbocycles. The summed E-state index contributed by atoms with van der Waals surface area (Å²) in [5.74, 6) is 0. The maximum Gasteiger partial charge on any atom is 1.00 e. The van der Waals surface area contributed by atoms with Crippen molar-refractivity contribution in [1.29, 1.82) is 0 Å². The summed E-state index contributed by atoms with van der Waals surface area (Å²) in [6.07, 6.45) is 0. The number of sulfonamides is 1. The van der Waals surface area contributed by atoms with Crippen molar-refractivity contribution in [3.05, 3.63) is 29.4 Å². The fourth-order valence-corrected chi connectivity index (χ4v) is 3.11. The van der Waals surface area contributed by atoms with E-state index in [4.69, 9.17) is 5.14 Å². The Hall–Kier alpha value is -0.533. The summed E-state index contributed by atoms with van der Waals surface area (Å²) in [5, 5.41) is 6.64. The summed E-state index contributed by atoms with van der Waals surface area (Å²) in [4.78, 5) is -2.64. The Kier molecular flexibility index (Phi) is 5.07. The molecule has 1 aromatic rings. The summed E-state index contributed by atoms with van der Waals surface area (Å²) in [5.41, 5.74) is -5.62. The minimum absolute atomic E-state index is 0. The van der Waals surface area contributed by atoms with Crippen molar-refractivity contribution < 1.29 is 48.9 Å². The van der Waals surface area contributed by atoms with Crippen LogP contribution >= 0.6 is 0 Å². The first-order chi connectivity index (χ1) is 7.48. The number of nitrogens with one attached hydrogen (secondary N) is 1. The minimum Gasteiger partial charge on any atom is -0.560 e. The molecular weight excluding hydrogens is 290 g/mol. The second-order valence-electron chi connectivity index (χ2n) is 2.90. The van der Waals surface area contributed by atoms with E-state index >= 15 is 0 Å². The average molecular weight is 295 g/mol. The van der Waals surface area contributed by atoms with Gasteiger partial charge in [0.05, 0.1) is 19.8 Å². The molecule has 11 heteroatoms. The van der Waals surface area contributed by atoms with Crippen LogP contribution in [0.4, 0.5) is 13.2 Å². The molecule has 0 aliphatic rings. The number of halogens is 3. The van der Waals surface area contributed by atoms with Crippen molar-refractivity contribution in [2.24, 2.45) is 0 Å². The van der Waals surface area contributed by atoms with Gasteiger partial charge in [0.2, 0.25) is 0 Å². The van der Waals surface area contributed by atoms with Gasteiger partial charge < -0.3 is 5.14 Å². The van der Waals surface area contributed by atoms with Crippen LogP contribution in [0.3, 0.4) is 0 Å². The van der Waals surface area contributed by atoms with E-state index in [1.54, 1.807) is 0 Å². The zero-order valence-electron chi connectivity index (χ0n) is 8.89. The predicted molar refractivity (Wildman–Crippen MR) is 51.2 cm³/mol. The van der Waals surface area contributed by atoms with E-state index in [1.807, 2.05) is 0 Å². The van der Waals surface area contributed by atoms with Crippen LogP contribution in [0.25, 0.3) is 5.14 Å². The predicted octanol–water partition coefficient (Wildman–Crippen LogP) is -1.27. The quantitative estimate of drug-likeness (QED) is 0.636. The van der Waals surface area contributed by atoms with E-state index in [1.165, 1.54) is 0 Å². The van der Waals surface area contributed by atoms with Crippen molar-refractivity contribution in [2.75, 3.05) is 0 Å². The third-order valence-corrected chi connectivity index (χ3v) is 4.34. The topological polar surface area (TPSA) is 92.1 Å². The van der Waals surface area contributed by atoms with Crippen molar-refractivity contribution in [1.82, 2.24) is 0 Å². The smallest absolute Gasteiger partial charge is 0.560 e. The summed E-state index contributed by atoms with van der Waals surface area (Å²) < 4.78 is 80.6. The Morgan fingerprint density at radius 3 is 1.67 bits per heavy atom. The van der Waals surface area contributed by atoms with E-state index < -0.39 is 35.2 Å². The molecule has 0 saturated carbocycles. The maximum atomic E-state index is 12.2. The molecular formula is C7H5F3LiNO4S2. The summed E-state index contributed by atoms with van der Waals surface area (Å²) in [7, 11) is -10.6. The van der Waals surface area contributed by atoms with E-state index in [0.29, 0.717) is 12.1 Å². The molecule has 0 atom stereocenters. The molecule has 0 aromatic heterocycles. The third kappa shape index (κ3) is 3.27. The molecule has 0 aliphatic heterocycles. The molecule has 0 amide bonds. The molecule has 0 bridgehead atoms. The molecule has 0 saturated heterocycles. The Bertz CT molecular complexity index is 639. The molecule has 5 nitrogen and oxygen atoms in total. The second kappa shape index (κ2) is 5.22. The van der Waals surface area contributed by atoms with E-state index in [-0.39, 0.29) is 18.9 Å². The van der Waals surface area contributed by atoms with Gasteiger partial charge in [-0.3, -0.25) is 0 Å². The largest absolute Gasteiger partial charge is 1.00 e. The second-order valence-corrected chi connectivity index (χ2v) is 6.26. The van der Waals surface area contributed by atoms with Gasteiger partial charge in [-0.05, 0) is 12.1 Å². The average Bonchev–Trinajstić information content (AvgIpc) is 2.14. The zero-order chi connectivity index (χ0) is 13.5. The van der Waals surface area contributed by atoms with Gasteiger partial charge >= 0.3 is 24.4 Å². The van der Waals surface area contributed by atoms with Gasteiger partial charge in [0.1, 0.15) is 0 Å². The van der Waals surface area contributed by atoms with Crippen LogP contribution in [0.5, 0.6) is 0 Å². The number of alkyl halides is 3. The van der Waals surface area contributed by atoms with Crippen molar-refractivity contribution in [3.63, 3.8) is 0 Å². The Morgan fingerprint density at radius 2 is 1.33 bits per heavy atom. The summed E-state index contributed by atoms with van der Waals surface area (Å²) >= 11 is 0. The first-order valence-corrected chi connectivity index (χ1v) is 6.84. The molecule has 0 heterocycles. The number of rotatable bonds is 2. The first-order valence-electron chi connectivity index (χ1n) is 3.88. The van der Waals surface area contributed by atoms with Crippen LogP contribution in [0.2, 0.25) is 0 Å². The molecule has 96 valence electrons. The Labute approximate surface area is 113 Å². The van der Waals surface area contributed by atoms with Gasteiger partial charge in [0.25, 0.3) is 9.84 Å². The summed E-state index contributed by atoms with van der Waals surface area (Å²) in [6, 6.07) is 3.08. The van der Waals surface area contributed by atoms with Gasteiger partial charge in [-0.1, -0.05) is 12.1 Å². The van der Waals surface area contributed by atoms with Crippen LogP contribution in [0.15, 0.2) is 34.1 Å². The molecule has 0 radical (unpaired) electrons. The van der Waals surface area contributed by atoms with Crippen molar-refractivity contribution >= 4 is 19.9 Å². The van der Waals surface area contributed by atoms with E-state index in [0.717, 1.165) is 12.1 Å². The van der Waals surface area contributed by atoms with Gasteiger partial charge in [-0.15, -0.1) is 0 Å². The minimum atomic E-state index is -5.79. The Morgan fingerprint density at radius 1 is 0.944 bits per heavy atom. The van der Waals surface area contributed by atoms with Gasteiger partial charge in [-0.25, -0.2) is 16.8 Å². The van der Waals surface area contributed by atoms with Gasteiger partial charge in [0, 0.05) is 0 Å². The molecule has 1 N–H and O–H groups in total. The fraction of sp³-hybridized carbons (Fsp3) is 0.143. The SMILES string of the molecule is [Li+].[NH-]S(=O)(=O)c1ccccc1S(=O)(=O)C(F)(F)F. The molecule has 0 spiro atoms. The summed E-state index contributed by atoms with van der Waals surface area (Å²) in [6.45, 7) is 0. The maximum absolute atomic E-state index is 12.2. The molecule has 0 aliphatic carbocycles. The van der Waals surface area contributed by atoms with Gasteiger partial charge in [0.15, 0.2) is 0 Å². The molecule has 1 rings (SSSR count). The van der Waals surface area contributed by atoms with Crippen molar-refractivity contribution in [2.45, 2.75) is 15.3 Å². The zero-order valence-corrected chi connectivity index (χ0v) is 10.5. The van der Waals surface area contributed by atoms with Crippen molar-refractivity contribution in [3.8, 4) is 0 Å². The molecule has 0 fully saturated rings. The molecule has 18 heavy (non-hydrogen) atoms. The fourth-order valence-electron chi connectivity index (χ4n) is 1.02. The number of sulfone groups is 1. The van der Waals surface area contributed by atoms with Crippen LogP contribution < -0.4 is 18.9 Å². The van der Waals surface area contributed by atoms with Crippen LogP contribution in [-0.2, 0) is 19.9 Å².